The highest BCUT2D eigenvalue weighted by atomic mass is 35.5. The first-order valence-electron chi connectivity index (χ1n) is 5.72. The zero-order valence-electron chi connectivity index (χ0n) is 10.3. The zero-order valence-corrected chi connectivity index (χ0v) is 11.9. The lowest BCUT2D eigenvalue weighted by Crippen LogP contribution is -2.15. The summed E-state index contributed by atoms with van der Waals surface area (Å²) in [6.07, 6.45) is 1.67. The molecule has 1 N–H and O–H groups in total. The van der Waals surface area contributed by atoms with Crippen LogP contribution in [0.1, 0.15) is 5.56 Å². The minimum Gasteiger partial charge on any atom is -0.324 e. The van der Waals surface area contributed by atoms with Crippen molar-refractivity contribution in [1.29, 1.82) is 5.26 Å². The number of aromatic nitrogens is 1. The Hall–Kier alpha value is -2.03. The van der Waals surface area contributed by atoms with Crippen LogP contribution in [-0.4, -0.2) is 16.6 Å². The van der Waals surface area contributed by atoms with Crippen LogP contribution in [0.25, 0.3) is 0 Å². The Morgan fingerprint density at radius 1 is 1.40 bits per heavy atom. The van der Waals surface area contributed by atoms with Gasteiger partial charge in [0.25, 0.3) is 0 Å². The van der Waals surface area contributed by atoms with E-state index in [-0.39, 0.29) is 11.7 Å². The first-order valence-corrected chi connectivity index (χ1v) is 7.09. The molecular formula is C14H10ClN3OS. The average molecular weight is 304 g/mol. The number of thioether (sulfide) groups is 1. The minimum absolute atomic E-state index is 0.209. The number of nitrogens with one attached hydrogen (secondary N) is 1. The summed E-state index contributed by atoms with van der Waals surface area (Å²) in [5.41, 5.74) is 0.803. The van der Waals surface area contributed by atoms with Crippen LogP contribution in [0.15, 0.2) is 47.6 Å². The van der Waals surface area contributed by atoms with Crippen LogP contribution in [0.2, 0.25) is 5.02 Å². The summed E-state index contributed by atoms with van der Waals surface area (Å²) in [5, 5.41) is 12.9. The number of carbonyl (C=O) groups is 1. The van der Waals surface area contributed by atoms with E-state index in [1.807, 2.05) is 24.3 Å². The second-order valence-corrected chi connectivity index (χ2v) is 5.24. The molecular weight excluding hydrogens is 294 g/mol. The molecule has 0 saturated heterocycles. The molecule has 2 aromatic rings. The summed E-state index contributed by atoms with van der Waals surface area (Å²) in [4.78, 5) is 16.0. The minimum atomic E-state index is -0.209. The number of nitriles is 1. The van der Waals surface area contributed by atoms with Gasteiger partial charge in [-0.1, -0.05) is 29.4 Å². The number of halogens is 1. The third-order valence-electron chi connectivity index (χ3n) is 2.37. The van der Waals surface area contributed by atoms with Crippen molar-refractivity contribution in [2.75, 3.05) is 11.1 Å². The molecule has 6 heteroatoms. The third-order valence-corrected chi connectivity index (χ3v) is 3.54. The van der Waals surface area contributed by atoms with Crippen LogP contribution in [0.5, 0.6) is 0 Å². The quantitative estimate of drug-likeness (QED) is 0.880. The molecule has 0 unspecified atom stereocenters. The highest BCUT2D eigenvalue weighted by Gasteiger charge is 2.08. The fourth-order valence-electron chi connectivity index (χ4n) is 1.48. The molecule has 0 aliphatic rings. The second-order valence-electron chi connectivity index (χ2n) is 3.81. The first kappa shape index (κ1) is 14.4. The Kier molecular flexibility index (Phi) is 4.99. The maximum atomic E-state index is 11.9. The number of anilines is 1. The maximum absolute atomic E-state index is 11.9. The van der Waals surface area contributed by atoms with Crippen molar-refractivity contribution < 1.29 is 4.79 Å². The van der Waals surface area contributed by atoms with Gasteiger partial charge >= 0.3 is 0 Å². The number of amides is 1. The normalized spacial score (nSPS) is 9.80. The molecule has 1 aromatic heterocycles. The zero-order chi connectivity index (χ0) is 14.4. The van der Waals surface area contributed by atoms with E-state index in [2.05, 4.69) is 10.3 Å². The van der Waals surface area contributed by atoms with Gasteiger partial charge in [0, 0.05) is 11.2 Å². The standard InChI is InChI=1S/C14H10ClN3OS/c15-11-5-4-10(8-16)12(7-11)18-13(19)9-20-14-3-1-2-6-17-14/h1-7H,9H2,(H,18,19). The van der Waals surface area contributed by atoms with Gasteiger partial charge < -0.3 is 5.32 Å². The number of rotatable bonds is 4. The van der Waals surface area contributed by atoms with Gasteiger partial charge in [0.15, 0.2) is 0 Å². The van der Waals surface area contributed by atoms with Gasteiger partial charge in [0.05, 0.1) is 22.0 Å². The SMILES string of the molecule is N#Cc1ccc(Cl)cc1NC(=O)CSc1ccccn1. The van der Waals surface area contributed by atoms with Crippen molar-refractivity contribution in [2.45, 2.75) is 5.03 Å². The van der Waals surface area contributed by atoms with Crippen molar-refractivity contribution >= 4 is 35.0 Å². The van der Waals surface area contributed by atoms with E-state index in [1.165, 1.54) is 11.8 Å². The molecule has 0 saturated carbocycles. The molecule has 0 aliphatic carbocycles. The van der Waals surface area contributed by atoms with Gasteiger partial charge in [0.2, 0.25) is 5.91 Å². The number of pyridine rings is 1. The molecule has 100 valence electrons. The van der Waals surface area contributed by atoms with Gasteiger partial charge in [-0.05, 0) is 30.3 Å². The summed E-state index contributed by atoms with van der Waals surface area (Å²) < 4.78 is 0. The molecule has 1 amide bonds. The molecule has 0 spiro atoms. The lowest BCUT2D eigenvalue weighted by Gasteiger charge is -2.07. The van der Waals surface area contributed by atoms with Crippen molar-refractivity contribution in [3.8, 4) is 6.07 Å². The highest BCUT2D eigenvalue weighted by Crippen LogP contribution is 2.21. The topological polar surface area (TPSA) is 65.8 Å². The van der Waals surface area contributed by atoms with E-state index < -0.39 is 0 Å². The molecule has 1 aromatic carbocycles. The Bertz CT molecular complexity index is 655. The number of carbonyl (C=O) groups excluding carboxylic acids is 1. The largest absolute Gasteiger partial charge is 0.324 e. The van der Waals surface area contributed by atoms with E-state index in [4.69, 9.17) is 16.9 Å². The van der Waals surface area contributed by atoms with Crippen molar-refractivity contribution in [3.05, 3.63) is 53.2 Å². The summed E-state index contributed by atoms with van der Waals surface area (Å²) in [6, 6.07) is 12.3. The van der Waals surface area contributed by atoms with Crippen LogP contribution >= 0.6 is 23.4 Å². The summed E-state index contributed by atoms with van der Waals surface area (Å²) in [7, 11) is 0. The van der Waals surface area contributed by atoms with Crippen molar-refractivity contribution in [1.82, 2.24) is 4.98 Å². The smallest absolute Gasteiger partial charge is 0.234 e. The molecule has 0 aliphatic heterocycles. The molecule has 0 atom stereocenters. The molecule has 0 radical (unpaired) electrons. The van der Waals surface area contributed by atoms with Gasteiger partial charge in [-0.2, -0.15) is 5.26 Å². The van der Waals surface area contributed by atoms with E-state index in [0.717, 1.165) is 5.03 Å². The predicted molar refractivity (Wildman–Crippen MR) is 79.8 cm³/mol. The number of nitrogens with zero attached hydrogens (tertiary/aromatic N) is 2. The predicted octanol–water partition coefficient (Wildman–Crippen LogP) is 3.34. The Morgan fingerprint density at radius 3 is 2.95 bits per heavy atom. The van der Waals surface area contributed by atoms with E-state index in [1.54, 1.807) is 24.4 Å². The second kappa shape index (κ2) is 6.94. The average Bonchev–Trinajstić information content (AvgIpc) is 2.46. The van der Waals surface area contributed by atoms with Crippen molar-refractivity contribution in [3.63, 3.8) is 0 Å². The van der Waals surface area contributed by atoms with Gasteiger partial charge in [0.1, 0.15) is 6.07 Å². The molecule has 0 bridgehead atoms. The van der Waals surface area contributed by atoms with Crippen molar-refractivity contribution in [2.24, 2.45) is 0 Å². The summed E-state index contributed by atoms with van der Waals surface area (Å²) in [5.74, 6) is 0.00779. The molecule has 20 heavy (non-hydrogen) atoms. The lowest BCUT2D eigenvalue weighted by atomic mass is 10.2. The number of hydrogen-bond donors (Lipinski definition) is 1. The molecule has 2 rings (SSSR count). The Balaban J connectivity index is 1.98. The Morgan fingerprint density at radius 2 is 2.25 bits per heavy atom. The fourth-order valence-corrected chi connectivity index (χ4v) is 2.31. The van der Waals surface area contributed by atoms with Crippen LogP contribution in [0.3, 0.4) is 0 Å². The van der Waals surface area contributed by atoms with Gasteiger partial charge in [-0.3, -0.25) is 4.79 Å². The first-order chi connectivity index (χ1) is 9.69. The Labute approximate surface area is 125 Å². The summed E-state index contributed by atoms with van der Waals surface area (Å²) >= 11 is 7.18. The lowest BCUT2D eigenvalue weighted by molar-refractivity contribution is -0.113. The van der Waals surface area contributed by atoms with E-state index in [9.17, 15) is 4.79 Å². The molecule has 4 nitrogen and oxygen atoms in total. The van der Waals surface area contributed by atoms with Crippen LogP contribution in [0, 0.1) is 11.3 Å². The highest BCUT2D eigenvalue weighted by molar-refractivity contribution is 7.99. The number of benzene rings is 1. The van der Waals surface area contributed by atoms with E-state index >= 15 is 0 Å². The van der Waals surface area contributed by atoms with Crippen LogP contribution in [0.4, 0.5) is 5.69 Å². The van der Waals surface area contributed by atoms with Gasteiger partial charge in [-0.15, -0.1) is 0 Å². The third kappa shape index (κ3) is 3.98. The van der Waals surface area contributed by atoms with Gasteiger partial charge in [-0.25, -0.2) is 4.98 Å². The molecule has 1 heterocycles. The van der Waals surface area contributed by atoms with Crippen LogP contribution in [-0.2, 0) is 4.79 Å². The monoisotopic (exact) mass is 303 g/mol. The number of hydrogen-bond acceptors (Lipinski definition) is 4. The fraction of sp³-hybridized carbons (Fsp3) is 0.0714. The van der Waals surface area contributed by atoms with E-state index in [0.29, 0.717) is 16.3 Å². The van der Waals surface area contributed by atoms with Crippen LogP contribution < -0.4 is 5.32 Å². The summed E-state index contributed by atoms with van der Waals surface area (Å²) in [6.45, 7) is 0. The maximum Gasteiger partial charge on any atom is 0.234 e. The molecule has 0 fully saturated rings.